The van der Waals surface area contributed by atoms with E-state index in [0.29, 0.717) is 6.54 Å². The van der Waals surface area contributed by atoms with E-state index in [9.17, 15) is 4.57 Å². The van der Waals surface area contributed by atoms with Crippen LogP contribution in [0.15, 0.2) is 0 Å². The molecule has 0 radical (unpaired) electrons. The van der Waals surface area contributed by atoms with Crippen LogP contribution in [0.3, 0.4) is 0 Å². The minimum Gasteiger partial charge on any atom is -0.307 e. The second kappa shape index (κ2) is 4.85. The number of rotatable bonds is 5. The summed E-state index contributed by atoms with van der Waals surface area (Å²) in [7, 11) is 1.07. The van der Waals surface area contributed by atoms with Gasteiger partial charge < -0.3 is 9.79 Å². The lowest BCUT2D eigenvalue weighted by Crippen LogP contribution is -2.17. The first-order valence-corrected chi connectivity index (χ1v) is 4.65. The van der Waals surface area contributed by atoms with Crippen molar-refractivity contribution in [3.05, 3.63) is 0 Å². The Morgan fingerprint density at radius 1 is 1.55 bits per heavy atom. The maximum Gasteiger partial charge on any atom is 0.471 e. The molecule has 1 unspecified atom stereocenters. The van der Waals surface area contributed by atoms with Crippen LogP contribution >= 0.6 is 7.82 Å². The molecule has 0 aromatic rings. The highest BCUT2D eigenvalue weighted by Crippen LogP contribution is 2.41. The number of hydrogen-bond donors (Lipinski definition) is 1. The van der Waals surface area contributed by atoms with Crippen molar-refractivity contribution in [2.45, 2.75) is 0 Å². The van der Waals surface area contributed by atoms with Gasteiger partial charge in [-0.1, -0.05) is 0 Å². The molecule has 1 atom stereocenters. The molecule has 0 saturated heterocycles. The highest BCUT2D eigenvalue weighted by molar-refractivity contribution is 7.47. The molecule has 5 nitrogen and oxygen atoms in total. The summed E-state index contributed by atoms with van der Waals surface area (Å²) in [6.07, 6.45) is 0. The first-order chi connectivity index (χ1) is 4.98. The van der Waals surface area contributed by atoms with Gasteiger partial charge in [0.2, 0.25) is 0 Å². The third-order valence-corrected chi connectivity index (χ3v) is 1.99. The van der Waals surface area contributed by atoms with E-state index in [4.69, 9.17) is 4.89 Å². The molecule has 0 spiro atoms. The fourth-order valence-electron chi connectivity index (χ4n) is 0.391. The van der Waals surface area contributed by atoms with E-state index >= 15 is 0 Å². The Labute approximate surface area is 66.5 Å². The molecule has 0 rings (SSSR count). The lowest BCUT2D eigenvalue weighted by atomic mass is 10.6. The van der Waals surface area contributed by atoms with Crippen molar-refractivity contribution in [3.63, 3.8) is 0 Å². The summed E-state index contributed by atoms with van der Waals surface area (Å²) >= 11 is 0. The second-order valence-electron chi connectivity index (χ2n) is 2.29. The molecule has 68 valence electrons. The second-order valence-corrected chi connectivity index (χ2v) is 3.85. The van der Waals surface area contributed by atoms with E-state index in [1.165, 1.54) is 0 Å². The third-order valence-electron chi connectivity index (χ3n) is 1.02. The Balaban J connectivity index is 3.46. The van der Waals surface area contributed by atoms with Crippen molar-refractivity contribution in [3.8, 4) is 0 Å². The molecule has 0 aromatic carbocycles. The average Bonchev–Trinajstić information content (AvgIpc) is 1.87. The summed E-state index contributed by atoms with van der Waals surface area (Å²) in [6.45, 7) is 0.780. The van der Waals surface area contributed by atoms with Gasteiger partial charge in [0.25, 0.3) is 0 Å². The Morgan fingerprint density at radius 3 is 2.45 bits per heavy atom. The first kappa shape index (κ1) is 11.1. The normalized spacial score (nSPS) is 16.8. The molecule has 0 aliphatic heterocycles. The monoisotopic (exact) mass is 183 g/mol. The number of nitrogens with zero attached hydrogens (tertiary/aromatic N) is 1. The van der Waals surface area contributed by atoms with Crippen LogP contribution in [0.1, 0.15) is 0 Å². The molecule has 0 saturated carbocycles. The zero-order valence-electron chi connectivity index (χ0n) is 6.98. The SMILES string of the molecule is COP(=O)(O)OCCN(C)C. The van der Waals surface area contributed by atoms with Gasteiger partial charge in [-0.2, -0.15) is 0 Å². The molecule has 0 bridgehead atoms. The van der Waals surface area contributed by atoms with Crippen LogP contribution in [-0.4, -0.2) is 44.2 Å². The van der Waals surface area contributed by atoms with Gasteiger partial charge in [-0.05, 0) is 14.1 Å². The van der Waals surface area contributed by atoms with Crippen LogP contribution in [0.2, 0.25) is 0 Å². The molecular weight excluding hydrogens is 169 g/mol. The minimum atomic E-state index is -3.76. The van der Waals surface area contributed by atoms with Crippen LogP contribution in [0.4, 0.5) is 0 Å². The molecule has 6 heteroatoms. The quantitative estimate of drug-likeness (QED) is 0.621. The van der Waals surface area contributed by atoms with E-state index in [0.717, 1.165) is 7.11 Å². The number of hydrogen-bond acceptors (Lipinski definition) is 4. The highest BCUT2D eigenvalue weighted by atomic mass is 31.2. The van der Waals surface area contributed by atoms with E-state index in [-0.39, 0.29) is 6.61 Å². The van der Waals surface area contributed by atoms with Gasteiger partial charge in [0.1, 0.15) is 0 Å². The minimum absolute atomic E-state index is 0.189. The molecule has 0 aromatic heterocycles. The van der Waals surface area contributed by atoms with Gasteiger partial charge in [-0.25, -0.2) is 4.57 Å². The average molecular weight is 183 g/mol. The Hall–Kier alpha value is 0.0700. The molecule has 11 heavy (non-hydrogen) atoms. The van der Waals surface area contributed by atoms with Crippen molar-refractivity contribution in [1.82, 2.24) is 4.90 Å². The zero-order valence-corrected chi connectivity index (χ0v) is 7.88. The van der Waals surface area contributed by atoms with E-state index in [2.05, 4.69) is 9.05 Å². The van der Waals surface area contributed by atoms with Crippen molar-refractivity contribution >= 4 is 7.82 Å². The summed E-state index contributed by atoms with van der Waals surface area (Å²) in [5.74, 6) is 0. The Morgan fingerprint density at radius 2 is 2.09 bits per heavy atom. The molecule has 0 fully saturated rings. The summed E-state index contributed by atoms with van der Waals surface area (Å²) in [4.78, 5) is 10.6. The van der Waals surface area contributed by atoms with Crippen molar-refractivity contribution in [2.75, 3.05) is 34.4 Å². The van der Waals surface area contributed by atoms with Crippen molar-refractivity contribution < 1.29 is 18.5 Å². The Bertz CT molecular complexity index is 149. The number of phosphoric acid groups is 1. The van der Waals surface area contributed by atoms with Gasteiger partial charge in [0.05, 0.1) is 6.61 Å². The van der Waals surface area contributed by atoms with Gasteiger partial charge in [-0.15, -0.1) is 0 Å². The maximum absolute atomic E-state index is 10.7. The van der Waals surface area contributed by atoms with E-state index < -0.39 is 7.82 Å². The summed E-state index contributed by atoms with van der Waals surface area (Å²) in [5.41, 5.74) is 0. The van der Waals surface area contributed by atoms with Gasteiger partial charge >= 0.3 is 7.82 Å². The van der Waals surface area contributed by atoms with Gasteiger partial charge in [-0.3, -0.25) is 9.05 Å². The largest absolute Gasteiger partial charge is 0.471 e. The van der Waals surface area contributed by atoms with E-state index in [1.54, 1.807) is 0 Å². The van der Waals surface area contributed by atoms with Gasteiger partial charge in [0, 0.05) is 13.7 Å². The topological polar surface area (TPSA) is 59.0 Å². The summed E-state index contributed by atoms with van der Waals surface area (Å²) in [6, 6.07) is 0. The molecule has 0 heterocycles. The predicted molar refractivity (Wildman–Crippen MR) is 41.3 cm³/mol. The molecule has 0 amide bonds. The van der Waals surface area contributed by atoms with E-state index in [1.807, 2.05) is 19.0 Å². The summed E-state index contributed by atoms with van der Waals surface area (Å²) in [5, 5.41) is 0. The molecule has 1 N–H and O–H groups in total. The third kappa shape index (κ3) is 6.47. The van der Waals surface area contributed by atoms with Crippen LogP contribution in [0.25, 0.3) is 0 Å². The number of phosphoric ester groups is 1. The van der Waals surface area contributed by atoms with Crippen LogP contribution in [0.5, 0.6) is 0 Å². The fourth-order valence-corrected chi connectivity index (χ4v) is 0.809. The van der Waals surface area contributed by atoms with Crippen LogP contribution in [0, 0.1) is 0 Å². The molecule has 0 aliphatic carbocycles. The Kier molecular flexibility index (Phi) is 4.88. The van der Waals surface area contributed by atoms with Crippen LogP contribution in [-0.2, 0) is 13.6 Å². The van der Waals surface area contributed by atoms with Crippen molar-refractivity contribution in [1.29, 1.82) is 0 Å². The predicted octanol–water partition coefficient (Wildman–Crippen LogP) is 0.311. The smallest absolute Gasteiger partial charge is 0.307 e. The van der Waals surface area contributed by atoms with Crippen molar-refractivity contribution in [2.24, 2.45) is 0 Å². The zero-order chi connectivity index (χ0) is 8.91. The first-order valence-electron chi connectivity index (χ1n) is 3.16. The standard InChI is InChI=1S/C5H14NO4P/c1-6(2)4-5-10-11(7,8)9-3/h4-5H2,1-3H3,(H,7,8). The lowest BCUT2D eigenvalue weighted by molar-refractivity contribution is 0.161. The number of likely N-dealkylation sites (N-methyl/N-ethyl adjacent to an activating group) is 1. The highest BCUT2D eigenvalue weighted by Gasteiger charge is 2.17. The lowest BCUT2D eigenvalue weighted by Gasteiger charge is -2.11. The van der Waals surface area contributed by atoms with Crippen LogP contribution < -0.4 is 0 Å². The molecule has 0 aliphatic rings. The molecular formula is C5H14NO4P. The van der Waals surface area contributed by atoms with Gasteiger partial charge in [0.15, 0.2) is 0 Å². The maximum atomic E-state index is 10.7. The fraction of sp³-hybridized carbons (Fsp3) is 1.00. The summed E-state index contributed by atoms with van der Waals surface area (Å²) < 4.78 is 19.4.